The summed E-state index contributed by atoms with van der Waals surface area (Å²) in [6.07, 6.45) is 3.76. The van der Waals surface area contributed by atoms with Crippen LogP contribution in [-0.2, 0) is 12.0 Å². The third-order valence-corrected chi connectivity index (χ3v) is 5.00. The van der Waals surface area contributed by atoms with Crippen LogP contribution in [0.3, 0.4) is 0 Å². The molecule has 1 amide bonds. The monoisotopic (exact) mass is 336 g/mol. The predicted molar refractivity (Wildman–Crippen MR) is 104 cm³/mol. The van der Waals surface area contributed by atoms with Crippen LogP contribution in [0.15, 0.2) is 67.3 Å². The van der Waals surface area contributed by atoms with Crippen LogP contribution in [-0.4, -0.2) is 5.91 Å². The van der Waals surface area contributed by atoms with Crippen LogP contribution in [0.1, 0.15) is 48.7 Å². The molecule has 25 heavy (non-hydrogen) atoms. The number of amides is 1. The first-order valence-electron chi connectivity index (χ1n) is 8.92. The molecule has 0 spiro atoms. The second-order valence-electron chi connectivity index (χ2n) is 6.34. The van der Waals surface area contributed by atoms with Crippen molar-refractivity contribution in [1.29, 1.82) is 0 Å². The Morgan fingerprint density at radius 2 is 1.76 bits per heavy atom. The average molecular weight is 336 g/mol. The van der Waals surface area contributed by atoms with Gasteiger partial charge in [-0.2, -0.15) is 0 Å². The van der Waals surface area contributed by atoms with Gasteiger partial charge in [0.1, 0.15) is 0 Å². The largest absolute Gasteiger partial charge is 0.287 e. The number of carbonyl (C=O) groups excluding carboxylic acids is 1. The normalized spacial score (nSPS) is 14.4. The van der Waals surface area contributed by atoms with E-state index in [0.717, 1.165) is 18.4 Å². The molecule has 0 aliphatic rings. The minimum absolute atomic E-state index is 0.139. The van der Waals surface area contributed by atoms with E-state index in [1.165, 1.54) is 5.56 Å². The lowest BCUT2D eigenvalue weighted by molar-refractivity contribution is 0.0883. The number of nitrogens with one attached hydrogen (secondary N) is 2. The molecule has 132 valence electrons. The van der Waals surface area contributed by atoms with Gasteiger partial charge < -0.3 is 0 Å². The van der Waals surface area contributed by atoms with E-state index in [4.69, 9.17) is 0 Å². The lowest BCUT2D eigenvalue weighted by Gasteiger charge is -2.39. The van der Waals surface area contributed by atoms with Crippen molar-refractivity contribution in [2.75, 3.05) is 0 Å². The number of hydrogen-bond donors (Lipinski definition) is 2. The summed E-state index contributed by atoms with van der Waals surface area (Å²) in [6, 6.07) is 17.8. The highest BCUT2D eigenvalue weighted by Gasteiger charge is 2.35. The number of rotatable bonds is 8. The van der Waals surface area contributed by atoms with Crippen molar-refractivity contribution < 1.29 is 4.79 Å². The molecule has 0 aliphatic heterocycles. The van der Waals surface area contributed by atoms with E-state index in [-0.39, 0.29) is 11.8 Å². The molecular weight excluding hydrogens is 308 g/mol. The summed E-state index contributed by atoms with van der Waals surface area (Å²) >= 11 is 0. The molecule has 0 bridgehead atoms. The fourth-order valence-electron chi connectivity index (χ4n) is 3.13. The Balaban J connectivity index is 2.28. The Bertz CT molecular complexity index is 694. The van der Waals surface area contributed by atoms with E-state index >= 15 is 0 Å². The number of benzene rings is 2. The molecule has 2 aromatic rings. The van der Waals surface area contributed by atoms with Crippen molar-refractivity contribution >= 4 is 5.91 Å². The van der Waals surface area contributed by atoms with Gasteiger partial charge >= 0.3 is 0 Å². The molecule has 0 heterocycles. The van der Waals surface area contributed by atoms with E-state index in [9.17, 15) is 4.79 Å². The highest BCUT2D eigenvalue weighted by atomic mass is 16.2. The average Bonchev–Trinajstić information content (AvgIpc) is 2.69. The van der Waals surface area contributed by atoms with Crippen molar-refractivity contribution in [3.63, 3.8) is 0 Å². The SMILES string of the molecule is C=C[C@@H](C)[C@](CC)(NNC(=O)c1ccccc1)c1ccc(CC)cc1. The fraction of sp³-hybridized carbons (Fsp3) is 0.318. The van der Waals surface area contributed by atoms with Gasteiger partial charge in [0.25, 0.3) is 5.91 Å². The standard InChI is InChI=1S/C22H28N2O/c1-5-17(4)22(7-3,20-15-13-18(6-2)14-16-20)24-23-21(25)19-11-9-8-10-12-19/h5,8-17,24H,1,6-7H2,2-4H3,(H,23,25)/t17-,22+/m1/s1. The van der Waals surface area contributed by atoms with Crippen molar-refractivity contribution in [3.8, 4) is 0 Å². The van der Waals surface area contributed by atoms with Crippen LogP contribution < -0.4 is 10.9 Å². The quantitative estimate of drug-likeness (QED) is 0.546. The minimum Gasteiger partial charge on any atom is -0.287 e. The summed E-state index contributed by atoms with van der Waals surface area (Å²) in [6.45, 7) is 10.3. The van der Waals surface area contributed by atoms with Gasteiger partial charge in [-0.05, 0) is 42.0 Å². The van der Waals surface area contributed by atoms with Gasteiger partial charge in [0.2, 0.25) is 0 Å². The number of hydrazine groups is 1. The van der Waals surface area contributed by atoms with Gasteiger partial charge in [0.05, 0.1) is 5.54 Å². The van der Waals surface area contributed by atoms with Crippen LogP contribution in [0, 0.1) is 5.92 Å². The number of hydrogen-bond acceptors (Lipinski definition) is 2. The zero-order valence-corrected chi connectivity index (χ0v) is 15.4. The first-order chi connectivity index (χ1) is 12.1. The fourth-order valence-corrected chi connectivity index (χ4v) is 3.13. The zero-order chi connectivity index (χ0) is 18.3. The van der Waals surface area contributed by atoms with Crippen LogP contribution in [0.25, 0.3) is 0 Å². The Hall–Kier alpha value is -2.39. The van der Waals surface area contributed by atoms with Crippen LogP contribution in [0.4, 0.5) is 0 Å². The highest BCUT2D eigenvalue weighted by molar-refractivity contribution is 5.93. The summed E-state index contributed by atoms with van der Waals surface area (Å²) in [5.41, 5.74) is 8.88. The topological polar surface area (TPSA) is 41.1 Å². The van der Waals surface area contributed by atoms with Gasteiger partial charge in [-0.3, -0.25) is 10.2 Å². The van der Waals surface area contributed by atoms with Crippen LogP contribution >= 0.6 is 0 Å². The number of carbonyl (C=O) groups is 1. The summed E-state index contributed by atoms with van der Waals surface area (Å²) in [7, 11) is 0. The molecule has 2 rings (SSSR count). The molecule has 0 radical (unpaired) electrons. The molecule has 3 heteroatoms. The predicted octanol–water partition coefficient (Wildman–Crippen LogP) is 4.61. The molecule has 0 aromatic heterocycles. The molecule has 2 N–H and O–H groups in total. The molecule has 0 saturated carbocycles. The van der Waals surface area contributed by atoms with Gasteiger partial charge in [0, 0.05) is 5.56 Å². The van der Waals surface area contributed by atoms with Gasteiger partial charge in [-0.15, -0.1) is 6.58 Å². The van der Waals surface area contributed by atoms with Crippen molar-refractivity contribution in [3.05, 3.63) is 83.9 Å². The van der Waals surface area contributed by atoms with Gasteiger partial charge in [-0.25, -0.2) is 5.43 Å². The molecule has 3 nitrogen and oxygen atoms in total. The van der Waals surface area contributed by atoms with Gasteiger partial charge in [-0.1, -0.05) is 69.3 Å². The molecule has 2 aromatic carbocycles. The molecule has 2 atom stereocenters. The Kier molecular flexibility index (Phi) is 6.54. The maximum Gasteiger partial charge on any atom is 0.265 e. The van der Waals surface area contributed by atoms with Crippen LogP contribution in [0.2, 0.25) is 0 Å². The van der Waals surface area contributed by atoms with Crippen molar-refractivity contribution in [2.24, 2.45) is 5.92 Å². The van der Waals surface area contributed by atoms with E-state index in [1.807, 2.05) is 24.3 Å². The Morgan fingerprint density at radius 3 is 2.28 bits per heavy atom. The Morgan fingerprint density at radius 1 is 1.12 bits per heavy atom. The second-order valence-corrected chi connectivity index (χ2v) is 6.34. The van der Waals surface area contributed by atoms with Crippen LogP contribution in [0.5, 0.6) is 0 Å². The molecule has 0 fully saturated rings. The lowest BCUT2D eigenvalue weighted by atomic mass is 9.77. The summed E-state index contributed by atoms with van der Waals surface area (Å²) < 4.78 is 0. The maximum absolute atomic E-state index is 12.5. The molecular formula is C22H28N2O. The van der Waals surface area contributed by atoms with E-state index in [2.05, 4.69) is 62.5 Å². The molecule has 0 unspecified atom stereocenters. The molecule has 0 aliphatic carbocycles. The summed E-state index contributed by atoms with van der Waals surface area (Å²) in [4.78, 5) is 12.5. The second kappa shape index (κ2) is 8.63. The summed E-state index contributed by atoms with van der Waals surface area (Å²) in [5.74, 6) is 0.000848. The van der Waals surface area contributed by atoms with Crippen molar-refractivity contribution in [1.82, 2.24) is 10.9 Å². The summed E-state index contributed by atoms with van der Waals surface area (Å²) in [5, 5.41) is 0. The van der Waals surface area contributed by atoms with E-state index in [0.29, 0.717) is 5.56 Å². The minimum atomic E-state index is -0.404. The zero-order valence-electron chi connectivity index (χ0n) is 15.4. The van der Waals surface area contributed by atoms with E-state index < -0.39 is 5.54 Å². The number of aryl methyl sites for hydroxylation is 1. The smallest absolute Gasteiger partial charge is 0.265 e. The highest BCUT2D eigenvalue weighted by Crippen LogP contribution is 2.33. The Labute approximate surface area is 151 Å². The molecule has 0 saturated heterocycles. The van der Waals surface area contributed by atoms with E-state index in [1.54, 1.807) is 12.1 Å². The lowest BCUT2D eigenvalue weighted by Crippen LogP contribution is -2.55. The maximum atomic E-state index is 12.5. The third kappa shape index (κ3) is 4.18. The first kappa shape index (κ1) is 18.9. The van der Waals surface area contributed by atoms with Crippen molar-refractivity contribution in [2.45, 2.75) is 39.2 Å². The third-order valence-electron chi connectivity index (χ3n) is 5.00. The van der Waals surface area contributed by atoms with Gasteiger partial charge in [0.15, 0.2) is 0 Å². The first-order valence-corrected chi connectivity index (χ1v) is 8.92.